The van der Waals surface area contributed by atoms with Gasteiger partial charge >= 0.3 is 5.97 Å². The maximum atomic E-state index is 13.0. The quantitative estimate of drug-likeness (QED) is 0.258. The van der Waals surface area contributed by atoms with Gasteiger partial charge < -0.3 is 13.9 Å². The number of carbonyl (C=O) groups is 2. The average molecular weight is 494 g/mol. The largest absolute Gasteiger partial charge is 0.494 e. The molecule has 4 aromatic rings. The molecule has 0 aliphatic rings. The first-order valence-corrected chi connectivity index (χ1v) is 12.3. The maximum absolute atomic E-state index is 13.0. The van der Waals surface area contributed by atoms with Crippen molar-refractivity contribution in [2.24, 2.45) is 0 Å². The fourth-order valence-electron chi connectivity index (χ4n) is 3.42. The minimum absolute atomic E-state index is 0.0000692. The van der Waals surface area contributed by atoms with E-state index in [0.717, 1.165) is 5.39 Å². The molecule has 8 nitrogen and oxygen atoms in total. The van der Waals surface area contributed by atoms with Gasteiger partial charge in [0.15, 0.2) is 12.4 Å². The summed E-state index contributed by atoms with van der Waals surface area (Å²) in [4.78, 5) is 24.9. The van der Waals surface area contributed by atoms with Crippen molar-refractivity contribution in [1.82, 2.24) is 0 Å². The van der Waals surface area contributed by atoms with Crippen molar-refractivity contribution < 1.29 is 31.9 Å². The molecule has 0 unspecified atom stereocenters. The van der Waals surface area contributed by atoms with E-state index in [1.165, 1.54) is 18.2 Å². The number of furan rings is 1. The molecule has 0 aliphatic heterocycles. The average Bonchev–Trinajstić information content (AvgIpc) is 3.28. The first-order chi connectivity index (χ1) is 16.8. The number of Topliss-reactive ketones (excluding diaryl/α,β-unsaturated/α-hetero) is 1. The second-order valence-electron chi connectivity index (χ2n) is 7.69. The lowest BCUT2D eigenvalue weighted by molar-refractivity contribution is 0.0468. The second kappa shape index (κ2) is 10.0. The smallest absolute Gasteiger partial charge is 0.338 e. The lowest BCUT2D eigenvalue weighted by Gasteiger charge is -2.12. The van der Waals surface area contributed by atoms with Crippen LogP contribution in [-0.4, -0.2) is 33.4 Å². The van der Waals surface area contributed by atoms with Crippen LogP contribution in [0, 0.1) is 6.92 Å². The maximum Gasteiger partial charge on any atom is 0.338 e. The van der Waals surface area contributed by atoms with Crippen LogP contribution in [0.3, 0.4) is 0 Å². The highest BCUT2D eigenvalue weighted by Gasteiger charge is 2.21. The number of ketones is 1. The Morgan fingerprint density at radius 1 is 0.971 bits per heavy atom. The Kier molecular flexibility index (Phi) is 6.88. The fourth-order valence-corrected chi connectivity index (χ4v) is 4.75. The number of anilines is 1. The molecule has 0 fully saturated rings. The van der Waals surface area contributed by atoms with Crippen LogP contribution in [0.5, 0.6) is 5.75 Å². The van der Waals surface area contributed by atoms with Gasteiger partial charge in [0.05, 0.1) is 17.1 Å². The number of rotatable bonds is 9. The number of carbonyl (C=O) groups excluding carboxylic acids is 2. The molecule has 1 N–H and O–H groups in total. The third kappa shape index (κ3) is 5.52. The number of fused-ring (bicyclic) bond motifs is 1. The molecule has 9 heteroatoms. The van der Waals surface area contributed by atoms with E-state index in [1.807, 2.05) is 13.0 Å². The summed E-state index contributed by atoms with van der Waals surface area (Å²) in [5.41, 5.74) is 1.34. The monoisotopic (exact) mass is 493 g/mol. The lowest BCUT2D eigenvalue weighted by Crippen LogP contribution is -2.17. The molecule has 1 heterocycles. The van der Waals surface area contributed by atoms with Gasteiger partial charge in [0.1, 0.15) is 11.3 Å². The predicted molar refractivity (Wildman–Crippen MR) is 130 cm³/mol. The molecular formula is C26H23NO7S. The third-order valence-corrected chi connectivity index (χ3v) is 6.69. The standard InChI is InChI=1S/C26H23NO7S/c1-3-32-21-12-10-20(11-13-21)27-35(30,31)25-15-19(9-8-17(25)2)26(29)33-16-22(28)24-14-18-6-4-5-7-23(18)34-24/h4-15,27H,3,16H2,1-2H3. The Hall–Kier alpha value is -4.11. The highest BCUT2D eigenvalue weighted by Crippen LogP contribution is 2.23. The van der Waals surface area contributed by atoms with Crippen molar-refractivity contribution in [1.29, 1.82) is 0 Å². The predicted octanol–water partition coefficient (Wildman–Crippen LogP) is 4.98. The van der Waals surface area contributed by atoms with Gasteiger partial charge in [-0.05, 0) is 67.9 Å². The van der Waals surface area contributed by atoms with Crippen LogP contribution in [0.1, 0.15) is 33.4 Å². The molecule has 35 heavy (non-hydrogen) atoms. The summed E-state index contributed by atoms with van der Waals surface area (Å²) in [7, 11) is -3.99. The van der Waals surface area contributed by atoms with Crippen LogP contribution in [0.4, 0.5) is 5.69 Å². The zero-order valence-corrected chi connectivity index (χ0v) is 19.9. The topological polar surface area (TPSA) is 112 Å². The molecule has 0 spiro atoms. The number of hydrogen-bond donors (Lipinski definition) is 1. The van der Waals surface area contributed by atoms with Crippen molar-refractivity contribution in [2.45, 2.75) is 18.7 Å². The van der Waals surface area contributed by atoms with Gasteiger partial charge in [0.2, 0.25) is 5.78 Å². The van der Waals surface area contributed by atoms with Gasteiger partial charge in [-0.2, -0.15) is 0 Å². The van der Waals surface area contributed by atoms with Crippen LogP contribution >= 0.6 is 0 Å². The first-order valence-electron chi connectivity index (χ1n) is 10.8. The second-order valence-corrected chi connectivity index (χ2v) is 9.34. The van der Waals surface area contributed by atoms with E-state index in [4.69, 9.17) is 13.9 Å². The third-order valence-electron chi connectivity index (χ3n) is 5.17. The number of benzene rings is 3. The number of esters is 1. The van der Waals surface area contributed by atoms with E-state index in [0.29, 0.717) is 29.2 Å². The highest BCUT2D eigenvalue weighted by molar-refractivity contribution is 7.92. The number of sulfonamides is 1. The summed E-state index contributed by atoms with van der Waals surface area (Å²) < 4.78 is 44.4. The van der Waals surface area contributed by atoms with Gasteiger partial charge in [-0.3, -0.25) is 9.52 Å². The first kappa shape index (κ1) is 24.0. The van der Waals surface area contributed by atoms with Gasteiger partial charge in [-0.15, -0.1) is 0 Å². The van der Waals surface area contributed by atoms with Crippen LogP contribution < -0.4 is 9.46 Å². The Labute approximate surface area is 202 Å². The molecule has 0 aliphatic carbocycles. The Morgan fingerprint density at radius 3 is 2.43 bits per heavy atom. The van der Waals surface area contributed by atoms with E-state index in [1.54, 1.807) is 55.5 Å². The zero-order valence-electron chi connectivity index (χ0n) is 19.1. The van der Waals surface area contributed by atoms with E-state index < -0.39 is 28.4 Å². The van der Waals surface area contributed by atoms with Crippen LogP contribution in [0.25, 0.3) is 11.0 Å². The van der Waals surface area contributed by atoms with Crippen molar-refractivity contribution in [3.8, 4) is 5.75 Å². The van der Waals surface area contributed by atoms with E-state index in [2.05, 4.69) is 4.72 Å². The fraction of sp³-hybridized carbons (Fsp3) is 0.154. The molecule has 4 rings (SSSR count). The van der Waals surface area contributed by atoms with Crippen molar-refractivity contribution in [3.63, 3.8) is 0 Å². The summed E-state index contributed by atoms with van der Waals surface area (Å²) in [6.45, 7) is 3.43. The summed E-state index contributed by atoms with van der Waals surface area (Å²) >= 11 is 0. The number of nitrogens with one attached hydrogen (secondary N) is 1. The molecule has 180 valence electrons. The summed E-state index contributed by atoms with van der Waals surface area (Å²) in [5.74, 6) is -0.641. The molecule has 0 amide bonds. The summed E-state index contributed by atoms with van der Waals surface area (Å²) in [6, 6.07) is 19.4. The van der Waals surface area contributed by atoms with Gasteiger partial charge in [0.25, 0.3) is 10.0 Å². The number of para-hydroxylation sites is 1. The van der Waals surface area contributed by atoms with Crippen molar-refractivity contribution >= 4 is 38.4 Å². The van der Waals surface area contributed by atoms with Gasteiger partial charge in [-0.1, -0.05) is 24.3 Å². The molecule has 0 saturated carbocycles. The molecule has 3 aromatic carbocycles. The number of aryl methyl sites for hydroxylation is 1. The minimum Gasteiger partial charge on any atom is -0.494 e. The van der Waals surface area contributed by atoms with E-state index >= 15 is 0 Å². The molecule has 0 saturated heterocycles. The Balaban J connectivity index is 1.46. The van der Waals surface area contributed by atoms with Gasteiger partial charge in [0, 0.05) is 11.1 Å². The van der Waals surface area contributed by atoms with Crippen LogP contribution in [0.2, 0.25) is 0 Å². The molecular weight excluding hydrogens is 470 g/mol. The zero-order chi connectivity index (χ0) is 25.0. The van der Waals surface area contributed by atoms with Crippen LogP contribution in [0.15, 0.2) is 82.1 Å². The molecule has 0 atom stereocenters. The molecule has 0 radical (unpaired) electrons. The Bertz CT molecular complexity index is 1450. The molecule has 1 aromatic heterocycles. The minimum atomic E-state index is -3.99. The van der Waals surface area contributed by atoms with Crippen LogP contribution in [-0.2, 0) is 14.8 Å². The normalized spacial score (nSPS) is 11.3. The Morgan fingerprint density at radius 2 is 1.71 bits per heavy atom. The van der Waals surface area contributed by atoms with Crippen molar-refractivity contribution in [2.75, 3.05) is 17.9 Å². The van der Waals surface area contributed by atoms with Crippen molar-refractivity contribution in [3.05, 3.63) is 89.7 Å². The summed E-state index contributed by atoms with van der Waals surface area (Å²) in [6.07, 6.45) is 0. The van der Waals surface area contributed by atoms with Gasteiger partial charge in [-0.25, -0.2) is 13.2 Å². The van der Waals surface area contributed by atoms with E-state index in [9.17, 15) is 18.0 Å². The van der Waals surface area contributed by atoms with E-state index in [-0.39, 0.29) is 16.2 Å². The SMILES string of the molecule is CCOc1ccc(NS(=O)(=O)c2cc(C(=O)OCC(=O)c3cc4ccccc4o3)ccc2C)cc1. The molecule has 0 bridgehead atoms. The highest BCUT2D eigenvalue weighted by atomic mass is 32.2. The summed E-state index contributed by atoms with van der Waals surface area (Å²) in [5, 5.41) is 0.760. The number of ether oxygens (including phenoxy) is 2. The lowest BCUT2D eigenvalue weighted by atomic mass is 10.1. The number of hydrogen-bond acceptors (Lipinski definition) is 7.